The van der Waals surface area contributed by atoms with Crippen LogP contribution < -0.4 is 10.6 Å². The average molecular weight is 527 g/mol. The van der Waals surface area contributed by atoms with E-state index < -0.39 is 16.2 Å². The summed E-state index contributed by atoms with van der Waals surface area (Å²) >= 11 is 31.4. The molecule has 0 aliphatic heterocycles. The predicted octanol–water partition coefficient (Wildman–Crippen LogP) is 8.26. The van der Waals surface area contributed by atoms with Gasteiger partial charge in [-0.1, -0.05) is 59.6 Å². The first-order valence-electron chi connectivity index (χ1n) is 9.62. The molecule has 1 aliphatic carbocycles. The van der Waals surface area contributed by atoms with Crippen molar-refractivity contribution in [2.24, 2.45) is 5.92 Å². The maximum atomic E-state index is 13.0. The number of benzene rings is 3. The normalized spacial score (nSPS) is 18.7. The number of amides is 1. The lowest BCUT2D eigenvalue weighted by molar-refractivity contribution is -0.117. The van der Waals surface area contributed by atoms with Crippen molar-refractivity contribution >= 4 is 81.0 Å². The first kappa shape index (κ1) is 23.3. The number of carbonyl (C=O) groups is 1. The molecule has 4 rings (SSSR count). The van der Waals surface area contributed by atoms with Crippen molar-refractivity contribution in [3.05, 3.63) is 99.5 Å². The van der Waals surface area contributed by atoms with Crippen molar-refractivity contribution in [3.8, 4) is 0 Å². The van der Waals surface area contributed by atoms with Crippen molar-refractivity contribution < 1.29 is 4.79 Å². The maximum Gasteiger partial charge on any atom is 0.231 e. The molecule has 0 spiro atoms. The van der Waals surface area contributed by atoms with Gasteiger partial charge in [-0.05, 0) is 54.1 Å². The summed E-state index contributed by atoms with van der Waals surface area (Å²) in [6, 6.07) is 19.8. The molecule has 0 heterocycles. The van der Waals surface area contributed by atoms with Crippen LogP contribution in [0.2, 0.25) is 15.1 Å². The Kier molecular flexibility index (Phi) is 6.67. The quantitative estimate of drug-likeness (QED) is 0.318. The van der Waals surface area contributed by atoms with Gasteiger partial charge in [0.2, 0.25) is 5.91 Å². The van der Waals surface area contributed by atoms with Gasteiger partial charge in [0, 0.05) is 38.6 Å². The second-order valence-corrected chi connectivity index (χ2v) is 10.2. The Balaban J connectivity index is 1.51. The third-order valence-electron chi connectivity index (χ3n) is 5.21. The van der Waals surface area contributed by atoms with Crippen LogP contribution in [0.25, 0.3) is 5.70 Å². The van der Waals surface area contributed by atoms with Gasteiger partial charge in [-0.2, -0.15) is 0 Å². The van der Waals surface area contributed by atoms with Gasteiger partial charge in [0.1, 0.15) is 4.33 Å². The highest BCUT2D eigenvalue weighted by Crippen LogP contribution is 2.65. The summed E-state index contributed by atoms with van der Waals surface area (Å²) in [7, 11) is 0. The molecule has 2 N–H and O–H groups in total. The van der Waals surface area contributed by atoms with Gasteiger partial charge in [-0.25, -0.2) is 0 Å². The molecule has 1 saturated carbocycles. The molecule has 3 nitrogen and oxygen atoms in total. The fourth-order valence-corrected chi connectivity index (χ4v) is 5.24. The van der Waals surface area contributed by atoms with Crippen LogP contribution in [-0.2, 0) is 4.79 Å². The molecule has 164 valence electrons. The minimum absolute atomic E-state index is 0.314. The fraction of sp³-hybridized carbons (Fsp3) is 0.125. The van der Waals surface area contributed by atoms with Crippen molar-refractivity contribution in [1.82, 2.24) is 0 Å². The number of hydrogen-bond acceptors (Lipinski definition) is 2. The molecule has 2 atom stereocenters. The molecule has 3 aromatic carbocycles. The van der Waals surface area contributed by atoms with Crippen molar-refractivity contribution in [1.29, 1.82) is 0 Å². The molecule has 32 heavy (non-hydrogen) atoms. The number of anilines is 2. The van der Waals surface area contributed by atoms with E-state index in [0.717, 1.165) is 5.69 Å². The van der Waals surface area contributed by atoms with E-state index in [9.17, 15) is 4.79 Å². The molecule has 1 fully saturated rings. The summed E-state index contributed by atoms with van der Waals surface area (Å²) in [4.78, 5) is 13.0. The van der Waals surface area contributed by atoms with Crippen LogP contribution >= 0.6 is 58.0 Å². The lowest BCUT2D eigenvalue weighted by Gasteiger charge is -2.13. The van der Waals surface area contributed by atoms with E-state index >= 15 is 0 Å². The second-order valence-electron chi connectivity index (χ2n) is 7.49. The van der Waals surface area contributed by atoms with E-state index in [2.05, 4.69) is 17.2 Å². The van der Waals surface area contributed by atoms with Crippen LogP contribution in [0.1, 0.15) is 17.0 Å². The zero-order valence-electron chi connectivity index (χ0n) is 16.5. The van der Waals surface area contributed by atoms with Crippen LogP contribution in [-0.4, -0.2) is 10.2 Å². The summed E-state index contributed by atoms with van der Waals surface area (Å²) < 4.78 is -1.26. The van der Waals surface area contributed by atoms with E-state index in [1.54, 1.807) is 36.4 Å². The smallest absolute Gasteiger partial charge is 0.231 e. The Hall–Kier alpha value is -1.88. The minimum atomic E-state index is -1.26. The zero-order chi connectivity index (χ0) is 23.0. The Bertz CT molecular complexity index is 1180. The predicted molar refractivity (Wildman–Crippen MR) is 136 cm³/mol. The number of carbonyl (C=O) groups excluding carboxylic acids is 1. The molecule has 1 amide bonds. The zero-order valence-corrected chi connectivity index (χ0v) is 20.3. The molecule has 0 aromatic heterocycles. The molecule has 2 unspecified atom stereocenters. The van der Waals surface area contributed by atoms with Crippen LogP contribution in [0.3, 0.4) is 0 Å². The summed E-state index contributed by atoms with van der Waals surface area (Å²) in [5.74, 6) is -1.40. The Morgan fingerprint density at radius 2 is 1.50 bits per heavy atom. The van der Waals surface area contributed by atoms with E-state index in [-0.39, 0.29) is 5.91 Å². The van der Waals surface area contributed by atoms with Crippen LogP contribution in [0.15, 0.2) is 73.3 Å². The van der Waals surface area contributed by atoms with Crippen LogP contribution in [0.4, 0.5) is 11.4 Å². The summed E-state index contributed by atoms with van der Waals surface area (Å²) in [6.07, 6.45) is 0. The van der Waals surface area contributed by atoms with Gasteiger partial charge < -0.3 is 10.6 Å². The average Bonchev–Trinajstić information content (AvgIpc) is 3.31. The van der Waals surface area contributed by atoms with Gasteiger partial charge in [0.25, 0.3) is 0 Å². The summed E-state index contributed by atoms with van der Waals surface area (Å²) in [5.41, 5.74) is 3.39. The van der Waals surface area contributed by atoms with E-state index in [0.29, 0.717) is 37.6 Å². The van der Waals surface area contributed by atoms with Gasteiger partial charge >= 0.3 is 0 Å². The summed E-state index contributed by atoms with van der Waals surface area (Å²) in [5, 5.41) is 7.49. The van der Waals surface area contributed by atoms with E-state index in [1.807, 2.05) is 30.3 Å². The van der Waals surface area contributed by atoms with Crippen molar-refractivity contribution in [2.45, 2.75) is 10.3 Å². The highest BCUT2D eigenvalue weighted by atomic mass is 35.5. The number of hydrogen-bond donors (Lipinski definition) is 2. The lowest BCUT2D eigenvalue weighted by Crippen LogP contribution is -2.17. The van der Waals surface area contributed by atoms with E-state index in [4.69, 9.17) is 58.0 Å². The van der Waals surface area contributed by atoms with Gasteiger partial charge in [0.05, 0.1) is 10.9 Å². The van der Waals surface area contributed by atoms with Gasteiger partial charge in [-0.15, -0.1) is 23.2 Å². The Morgan fingerprint density at radius 3 is 2.16 bits per heavy atom. The van der Waals surface area contributed by atoms with Gasteiger partial charge in [-0.3, -0.25) is 4.79 Å². The molecular weight excluding hydrogens is 510 g/mol. The number of para-hydroxylation sites is 1. The highest BCUT2D eigenvalue weighted by molar-refractivity contribution is 6.53. The molecule has 8 heteroatoms. The number of halogens is 5. The number of alkyl halides is 2. The molecular formula is C24H17Cl5N2O. The third kappa shape index (κ3) is 4.88. The van der Waals surface area contributed by atoms with E-state index in [1.165, 1.54) is 0 Å². The molecule has 1 aliphatic rings. The highest BCUT2D eigenvalue weighted by Gasteiger charge is 2.67. The minimum Gasteiger partial charge on any atom is -0.355 e. The maximum absolute atomic E-state index is 13.0. The Labute approximate surface area is 211 Å². The first-order valence-corrected chi connectivity index (χ1v) is 11.5. The second kappa shape index (κ2) is 9.17. The monoisotopic (exact) mass is 524 g/mol. The number of rotatable bonds is 6. The molecule has 0 bridgehead atoms. The van der Waals surface area contributed by atoms with Crippen molar-refractivity contribution in [2.75, 3.05) is 10.6 Å². The number of nitrogens with one attached hydrogen (secondary N) is 2. The van der Waals surface area contributed by atoms with Crippen LogP contribution in [0.5, 0.6) is 0 Å². The van der Waals surface area contributed by atoms with Crippen LogP contribution in [0, 0.1) is 5.92 Å². The standard InChI is InChI=1S/C24H17Cl5N2O/c1-13(30-17-5-3-2-4-6-17)19-12-18(7-8-20(19)27)31-23(32)22-21(24(22,28)29)14-9-15(25)11-16(26)10-14/h2-12,21-22,30H,1H2,(H,31,32). The topological polar surface area (TPSA) is 41.1 Å². The lowest BCUT2D eigenvalue weighted by atomic mass is 10.1. The fourth-order valence-electron chi connectivity index (χ4n) is 3.64. The molecule has 3 aromatic rings. The Morgan fingerprint density at radius 1 is 0.844 bits per heavy atom. The largest absolute Gasteiger partial charge is 0.355 e. The third-order valence-corrected chi connectivity index (χ3v) is 6.91. The van der Waals surface area contributed by atoms with Gasteiger partial charge in [0.15, 0.2) is 0 Å². The molecule has 0 saturated heterocycles. The SMILES string of the molecule is C=C(Nc1ccccc1)c1cc(NC(=O)C2C(c3cc(Cl)cc(Cl)c3)C2(Cl)Cl)ccc1Cl. The molecule has 0 radical (unpaired) electrons. The van der Waals surface area contributed by atoms with Crippen molar-refractivity contribution in [3.63, 3.8) is 0 Å². The summed E-state index contributed by atoms with van der Waals surface area (Å²) in [6.45, 7) is 4.06. The first-order chi connectivity index (χ1) is 15.2.